The number of aliphatic hydroxyl groups excluding tert-OH is 1. The fourth-order valence-electron chi connectivity index (χ4n) is 2.31. The van der Waals surface area contributed by atoms with Gasteiger partial charge in [0.2, 0.25) is 0 Å². The zero-order valence-corrected chi connectivity index (χ0v) is 11.8. The molecule has 102 valence electrons. The highest BCUT2D eigenvalue weighted by Crippen LogP contribution is 2.29. The molecule has 0 amide bonds. The van der Waals surface area contributed by atoms with Crippen molar-refractivity contribution in [2.45, 2.75) is 58.5 Å². The van der Waals surface area contributed by atoms with Gasteiger partial charge in [-0.3, -0.25) is 0 Å². The second-order valence-electron chi connectivity index (χ2n) is 5.73. The van der Waals surface area contributed by atoms with Crippen molar-refractivity contribution in [1.29, 1.82) is 0 Å². The molecule has 0 heterocycles. The van der Waals surface area contributed by atoms with E-state index >= 15 is 0 Å². The summed E-state index contributed by atoms with van der Waals surface area (Å²) in [5, 5.41) is 12.8. The van der Waals surface area contributed by atoms with Crippen molar-refractivity contribution in [2.75, 3.05) is 26.2 Å². The van der Waals surface area contributed by atoms with Crippen molar-refractivity contribution in [1.82, 2.24) is 10.2 Å². The van der Waals surface area contributed by atoms with Gasteiger partial charge in [-0.25, -0.2) is 0 Å². The van der Waals surface area contributed by atoms with E-state index in [1.807, 2.05) is 0 Å². The van der Waals surface area contributed by atoms with Gasteiger partial charge >= 0.3 is 0 Å². The van der Waals surface area contributed by atoms with Crippen LogP contribution in [0.4, 0.5) is 0 Å². The van der Waals surface area contributed by atoms with Gasteiger partial charge in [0, 0.05) is 18.6 Å². The first-order valence-electron chi connectivity index (χ1n) is 7.25. The van der Waals surface area contributed by atoms with Gasteiger partial charge in [-0.2, -0.15) is 0 Å². The van der Waals surface area contributed by atoms with Crippen molar-refractivity contribution >= 4 is 0 Å². The summed E-state index contributed by atoms with van der Waals surface area (Å²) in [6, 6.07) is 0.712. The second kappa shape index (κ2) is 8.06. The Bertz CT molecular complexity index is 193. The van der Waals surface area contributed by atoms with Gasteiger partial charge < -0.3 is 15.3 Å². The van der Waals surface area contributed by atoms with Gasteiger partial charge in [-0.05, 0) is 44.7 Å². The van der Waals surface area contributed by atoms with Crippen LogP contribution in [0.3, 0.4) is 0 Å². The summed E-state index contributed by atoms with van der Waals surface area (Å²) in [7, 11) is 0. The molecule has 1 aliphatic rings. The highest BCUT2D eigenvalue weighted by atomic mass is 16.3. The number of nitrogens with one attached hydrogen (secondary N) is 1. The summed E-state index contributed by atoms with van der Waals surface area (Å²) in [5.74, 6) is 0.965. The number of hydrogen-bond acceptors (Lipinski definition) is 3. The molecule has 1 aliphatic carbocycles. The second-order valence-corrected chi connectivity index (χ2v) is 5.73. The Balaban J connectivity index is 2.22. The molecule has 1 fully saturated rings. The van der Waals surface area contributed by atoms with Crippen molar-refractivity contribution in [2.24, 2.45) is 5.92 Å². The molecular formula is C14H30N2O. The van der Waals surface area contributed by atoms with Crippen LogP contribution in [0.25, 0.3) is 0 Å². The lowest BCUT2D eigenvalue weighted by molar-refractivity contribution is 0.196. The van der Waals surface area contributed by atoms with Crippen molar-refractivity contribution < 1.29 is 5.11 Å². The van der Waals surface area contributed by atoms with Gasteiger partial charge in [-0.1, -0.05) is 20.8 Å². The molecule has 0 bridgehead atoms. The Hall–Kier alpha value is -0.120. The van der Waals surface area contributed by atoms with Crippen LogP contribution in [-0.2, 0) is 0 Å². The van der Waals surface area contributed by atoms with Crippen LogP contribution in [0, 0.1) is 5.92 Å². The Labute approximate surface area is 107 Å². The zero-order chi connectivity index (χ0) is 12.7. The standard InChI is InChI=1S/C14H30N2O/c1-4-8-16(10-13-5-6-13)9-7-14(11-17)15-12(2)3/h12-15,17H,4-11H2,1-3H3. The average molecular weight is 242 g/mol. The van der Waals surface area contributed by atoms with Crippen LogP contribution in [0.2, 0.25) is 0 Å². The van der Waals surface area contributed by atoms with Crippen LogP contribution < -0.4 is 5.32 Å². The van der Waals surface area contributed by atoms with Gasteiger partial charge in [0.25, 0.3) is 0 Å². The quantitative estimate of drug-likeness (QED) is 0.614. The molecule has 1 rings (SSSR count). The predicted octanol–water partition coefficient (Wildman–Crippen LogP) is 1.86. The van der Waals surface area contributed by atoms with E-state index in [0.29, 0.717) is 6.04 Å². The van der Waals surface area contributed by atoms with Crippen molar-refractivity contribution in [3.8, 4) is 0 Å². The van der Waals surface area contributed by atoms with Gasteiger partial charge in [0.15, 0.2) is 0 Å². The third-order valence-electron chi connectivity index (χ3n) is 3.34. The number of nitrogens with zero attached hydrogens (tertiary/aromatic N) is 1. The Kier molecular flexibility index (Phi) is 7.09. The molecule has 0 aromatic heterocycles. The van der Waals surface area contributed by atoms with Gasteiger partial charge in [0.1, 0.15) is 0 Å². The molecule has 1 atom stereocenters. The molecule has 1 unspecified atom stereocenters. The topological polar surface area (TPSA) is 35.5 Å². The minimum atomic E-state index is 0.252. The van der Waals surface area contributed by atoms with E-state index in [-0.39, 0.29) is 12.6 Å². The van der Waals surface area contributed by atoms with Crippen LogP contribution in [0.1, 0.15) is 46.5 Å². The highest BCUT2D eigenvalue weighted by Gasteiger charge is 2.24. The van der Waals surface area contributed by atoms with E-state index in [0.717, 1.165) is 18.9 Å². The van der Waals surface area contributed by atoms with E-state index in [1.165, 1.54) is 32.4 Å². The first kappa shape index (κ1) is 14.9. The Morgan fingerprint density at radius 3 is 2.47 bits per heavy atom. The number of hydrogen-bond donors (Lipinski definition) is 2. The normalized spacial score (nSPS) is 18.0. The maximum absolute atomic E-state index is 9.33. The van der Waals surface area contributed by atoms with Gasteiger partial charge in [-0.15, -0.1) is 0 Å². The van der Waals surface area contributed by atoms with Crippen LogP contribution in [0.5, 0.6) is 0 Å². The van der Waals surface area contributed by atoms with Crippen molar-refractivity contribution in [3.63, 3.8) is 0 Å². The molecule has 1 saturated carbocycles. The number of aliphatic hydroxyl groups is 1. The summed E-state index contributed by atoms with van der Waals surface area (Å²) in [6.07, 6.45) is 5.14. The molecule has 0 spiro atoms. The Morgan fingerprint density at radius 1 is 1.29 bits per heavy atom. The lowest BCUT2D eigenvalue weighted by atomic mass is 10.1. The molecular weight excluding hydrogens is 212 g/mol. The first-order valence-corrected chi connectivity index (χ1v) is 7.25. The lowest BCUT2D eigenvalue weighted by Crippen LogP contribution is -2.40. The molecule has 3 nitrogen and oxygen atoms in total. The molecule has 0 aromatic rings. The summed E-state index contributed by atoms with van der Waals surface area (Å²) in [4.78, 5) is 2.57. The van der Waals surface area contributed by atoms with Crippen molar-refractivity contribution in [3.05, 3.63) is 0 Å². The third kappa shape index (κ3) is 7.02. The lowest BCUT2D eigenvalue weighted by Gasteiger charge is -2.25. The predicted molar refractivity (Wildman–Crippen MR) is 73.2 cm³/mol. The van der Waals surface area contributed by atoms with E-state index in [2.05, 4.69) is 31.0 Å². The number of rotatable bonds is 10. The third-order valence-corrected chi connectivity index (χ3v) is 3.34. The van der Waals surface area contributed by atoms with Gasteiger partial charge in [0.05, 0.1) is 6.61 Å². The molecule has 17 heavy (non-hydrogen) atoms. The SMILES string of the molecule is CCCN(CCC(CO)NC(C)C)CC1CC1. The fraction of sp³-hybridized carbons (Fsp3) is 1.00. The molecule has 0 aliphatic heterocycles. The minimum absolute atomic E-state index is 0.252. The fourth-order valence-corrected chi connectivity index (χ4v) is 2.31. The molecule has 0 radical (unpaired) electrons. The summed E-state index contributed by atoms with van der Waals surface area (Å²) >= 11 is 0. The molecule has 0 aromatic carbocycles. The Morgan fingerprint density at radius 2 is 2.00 bits per heavy atom. The minimum Gasteiger partial charge on any atom is -0.395 e. The molecule has 2 N–H and O–H groups in total. The zero-order valence-electron chi connectivity index (χ0n) is 11.8. The maximum Gasteiger partial charge on any atom is 0.0585 e. The van der Waals surface area contributed by atoms with E-state index < -0.39 is 0 Å². The molecule has 3 heteroatoms. The van der Waals surface area contributed by atoms with E-state index in [1.54, 1.807) is 0 Å². The summed E-state index contributed by atoms with van der Waals surface area (Å²) in [6.45, 7) is 10.4. The van der Waals surface area contributed by atoms with E-state index in [9.17, 15) is 5.11 Å². The maximum atomic E-state index is 9.33. The smallest absolute Gasteiger partial charge is 0.0585 e. The van der Waals surface area contributed by atoms with Crippen LogP contribution in [-0.4, -0.2) is 48.3 Å². The summed E-state index contributed by atoms with van der Waals surface area (Å²) in [5.41, 5.74) is 0. The van der Waals surface area contributed by atoms with E-state index in [4.69, 9.17) is 0 Å². The monoisotopic (exact) mass is 242 g/mol. The molecule has 0 saturated heterocycles. The van der Waals surface area contributed by atoms with Crippen LogP contribution >= 0.6 is 0 Å². The highest BCUT2D eigenvalue weighted by molar-refractivity contribution is 4.78. The average Bonchev–Trinajstić information content (AvgIpc) is 3.07. The summed E-state index contributed by atoms with van der Waals surface area (Å²) < 4.78 is 0. The first-order chi connectivity index (χ1) is 8.15. The van der Waals surface area contributed by atoms with Crippen LogP contribution in [0.15, 0.2) is 0 Å². The largest absolute Gasteiger partial charge is 0.395 e.